The van der Waals surface area contributed by atoms with Gasteiger partial charge in [0.15, 0.2) is 6.23 Å². The third-order valence-corrected chi connectivity index (χ3v) is 6.27. The molecule has 1 aliphatic heterocycles. The maximum absolute atomic E-state index is 13.2. The first-order valence-electron chi connectivity index (χ1n) is 9.82. The number of nitro groups is 1. The topological polar surface area (TPSA) is 192 Å². The van der Waals surface area contributed by atoms with E-state index in [1.807, 2.05) is 0 Å². The zero-order chi connectivity index (χ0) is 25.0. The number of H-pyrrole nitrogens is 1. The van der Waals surface area contributed by atoms with Gasteiger partial charge in [-0.2, -0.15) is 5.09 Å². The molecule has 0 saturated carbocycles. The van der Waals surface area contributed by atoms with Crippen LogP contribution in [0.3, 0.4) is 0 Å². The van der Waals surface area contributed by atoms with Crippen molar-refractivity contribution in [3.8, 4) is 5.75 Å². The third kappa shape index (κ3) is 6.05. The van der Waals surface area contributed by atoms with Crippen LogP contribution in [0.2, 0.25) is 0 Å². The van der Waals surface area contributed by atoms with E-state index in [1.54, 1.807) is 0 Å². The van der Waals surface area contributed by atoms with E-state index < -0.39 is 48.3 Å². The molecule has 0 amide bonds. The fourth-order valence-corrected chi connectivity index (χ4v) is 4.35. The van der Waals surface area contributed by atoms with E-state index in [4.69, 9.17) is 18.9 Å². The molecule has 3 N–H and O–H groups in total. The summed E-state index contributed by atoms with van der Waals surface area (Å²) in [5.41, 5.74) is -1.13. The minimum Gasteiger partial charge on any atom is -0.480 e. The molecule has 1 aliphatic rings. The monoisotopic (exact) mass is 496 g/mol. The first kappa shape index (κ1) is 25.1. The van der Waals surface area contributed by atoms with Gasteiger partial charge in [0.1, 0.15) is 17.9 Å². The van der Waals surface area contributed by atoms with Gasteiger partial charge in [0.2, 0.25) is 0 Å². The minimum absolute atomic E-state index is 0.0601. The molecule has 4 atom stereocenters. The van der Waals surface area contributed by atoms with Gasteiger partial charge in [-0.05, 0) is 32.1 Å². The summed E-state index contributed by atoms with van der Waals surface area (Å²) in [7, 11) is -4.29. The molecular weight excluding hydrogens is 475 g/mol. The number of nitrogens with one attached hydrogen (secondary N) is 2. The Morgan fingerprint density at radius 1 is 1.35 bits per heavy atom. The first-order valence-corrected chi connectivity index (χ1v) is 11.4. The number of carboxylic acids is 1. The van der Waals surface area contributed by atoms with Gasteiger partial charge in [0, 0.05) is 23.9 Å². The van der Waals surface area contributed by atoms with E-state index in [0.717, 1.165) is 16.7 Å². The highest BCUT2D eigenvalue weighted by molar-refractivity contribution is 7.52. The number of aryl methyl sites for hydroxylation is 1. The summed E-state index contributed by atoms with van der Waals surface area (Å²) in [6, 6.07) is 3.30. The molecule has 0 aliphatic carbocycles. The molecule has 0 spiro atoms. The van der Waals surface area contributed by atoms with Crippen molar-refractivity contribution in [2.75, 3.05) is 6.61 Å². The average molecular weight is 496 g/mol. The number of nitro benzene ring substituents is 1. The number of hydrogen-bond donors (Lipinski definition) is 3. The number of benzene rings is 1. The van der Waals surface area contributed by atoms with Crippen LogP contribution in [0.1, 0.15) is 18.7 Å². The number of non-ortho nitro benzene ring substituents is 1. The van der Waals surface area contributed by atoms with E-state index in [-0.39, 0.29) is 18.0 Å². The highest BCUT2D eigenvalue weighted by atomic mass is 31.2. The van der Waals surface area contributed by atoms with Crippen LogP contribution in [0.4, 0.5) is 5.69 Å². The van der Waals surface area contributed by atoms with Crippen LogP contribution in [0.25, 0.3) is 0 Å². The predicted octanol–water partition coefficient (Wildman–Crippen LogP) is 1.47. The Hall–Kier alpha value is -3.58. The Labute approximate surface area is 191 Å². The summed E-state index contributed by atoms with van der Waals surface area (Å²) in [4.78, 5) is 47.2. The van der Waals surface area contributed by atoms with E-state index in [0.29, 0.717) is 5.56 Å². The quantitative estimate of drug-likeness (QED) is 0.187. The second-order valence-corrected chi connectivity index (χ2v) is 8.95. The number of rotatable bonds is 10. The van der Waals surface area contributed by atoms with Crippen LogP contribution in [-0.4, -0.2) is 44.3 Å². The summed E-state index contributed by atoms with van der Waals surface area (Å²) in [6.07, 6.45) is 2.74. The number of ether oxygens (including phenoxy) is 1. The predicted molar refractivity (Wildman–Crippen MR) is 117 cm³/mol. The maximum Gasteiger partial charge on any atom is 0.459 e. The Balaban J connectivity index is 1.71. The molecule has 0 radical (unpaired) electrons. The molecule has 2 heterocycles. The Morgan fingerprint density at radius 3 is 2.65 bits per heavy atom. The van der Waals surface area contributed by atoms with E-state index in [2.05, 4.69) is 10.1 Å². The highest BCUT2D eigenvalue weighted by Gasteiger charge is 2.33. The summed E-state index contributed by atoms with van der Waals surface area (Å²) in [6.45, 7) is 2.40. The van der Waals surface area contributed by atoms with Gasteiger partial charge >= 0.3 is 19.4 Å². The molecule has 0 bridgehead atoms. The van der Waals surface area contributed by atoms with Crippen molar-refractivity contribution in [2.24, 2.45) is 0 Å². The smallest absolute Gasteiger partial charge is 0.459 e. The summed E-state index contributed by atoms with van der Waals surface area (Å²) in [5, 5.41) is 22.2. The van der Waals surface area contributed by atoms with Crippen molar-refractivity contribution in [2.45, 2.75) is 32.2 Å². The van der Waals surface area contributed by atoms with E-state index >= 15 is 0 Å². The molecule has 1 aromatic heterocycles. The van der Waals surface area contributed by atoms with Crippen molar-refractivity contribution in [1.29, 1.82) is 0 Å². The van der Waals surface area contributed by atoms with Gasteiger partial charge < -0.3 is 14.4 Å². The van der Waals surface area contributed by atoms with E-state index in [9.17, 15) is 29.1 Å². The Bertz CT molecular complexity index is 1270. The normalized spacial score (nSPS) is 19.9. The van der Waals surface area contributed by atoms with Crippen molar-refractivity contribution in [3.05, 3.63) is 79.1 Å². The Kier molecular flexibility index (Phi) is 7.47. The fourth-order valence-electron chi connectivity index (χ4n) is 2.84. The zero-order valence-corrected chi connectivity index (χ0v) is 18.8. The van der Waals surface area contributed by atoms with Crippen LogP contribution < -0.4 is 20.9 Å². The van der Waals surface area contributed by atoms with Crippen LogP contribution in [-0.2, 0) is 18.6 Å². The van der Waals surface area contributed by atoms with Crippen molar-refractivity contribution < 1.29 is 33.2 Å². The molecule has 182 valence electrons. The minimum atomic E-state index is -4.29. The first-order chi connectivity index (χ1) is 16.0. The number of aromatic amines is 1. The van der Waals surface area contributed by atoms with Crippen LogP contribution in [0, 0.1) is 17.0 Å². The van der Waals surface area contributed by atoms with Gasteiger partial charge in [-0.25, -0.2) is 9.36 Å². The van der Waals surface area contributed by atoms with Gasteiger partial charge in [-0.3, -0.25) is 33.8 Å². The molecular formula is C19H21N4O10P. The number of hydrogen-bond acceptors (Lipinski definition) is 9. The number of nitrogens with zero attached hydrogens (tertiary/aromatic N) is 2. The fraction of sp³-hybridized carbons (Fsp3) is 0.316. The van der Waals surface area contributed by atoms with Crippen LogP contribution in [0.5, 0.6) is 5.75 Å². The number of aliphatic carboxylic acids is 1. The second kappa shape index (κ2) is 10.1. The lowest BCUT2D eigenvalue weighted by Gasteiger charge is -2.23. The molecule has 0 saturated heterocycles. The Morgan fingerprint density at radius 2 is 2.03 bits per heavy atom. The van der Waals surface area contributed by atoms with Gasteiger partial charge in [0.05, 0.1) is 11.5 Å². The number of aromatic nitrogens is 2. The molecule has 0 fully saturated rings. The molecule has 1 aromatic carbocycles. The average Bonchev–Trinajstić information content (AvgIpc) is 3.24. The molecule has 2 unspecified atom stereocenters. The third-order valence-electron chi connectivity index (χ3n) is 4.63. The van der Waals surface area contributed by atoms with Gasteiger partial charge in [-0.1, -0.05) is 6.08 Å². The molecule has 3 rings (SSSR count). The largest absolute Gasteiger partial charge is 0.480 e. The summed E-state index contributed by atoms with van der Waals surface area (Å²) >= 11 is 0. The van der Waals surface area contributed by atoms with Crippen molar-refractivity contribution in [3.63, 3.8) is 0 Å². The lowest BCUT2D eigenvalue weighted by atomic mass is 10.3. The molecule has 14 nitrogen and oxygen atoms in total. The molecule has 34 heavy (non-hydrogen) atoms. The second-order valence-electron chi connectivity index (χ2n) is 7.25. The standard InChI is InChI=1S/C19H21N4O10P/c1-11-9-22(19(27)20-17(11)24)16-8-7-15(32-16)10-31-34(30,21-12(2)18(25)26)33-14-5-3-13(4-6-14)23(28)29/h3-9,12,15-16H,10H2,1-2H3,(H,21,30)(H,25,26)(H,20,24,27)/t12?,15-,16+,34?/m0/s1. The van der Waals surface area contributed by atoms with Crippen molar-refractivity contribution in [1.82, 2.24) is 14.6 Å². The number of carboxylic acid groups (broad SMARTS) is 1. The van der Waals surface area contributed by atoms with Crippen LogP contribution in [0.15, 0.2) is 52.2 Å². The summed E-state index contributed by atoms with van der Waals surface area (Å²) in [5.74, 6) is -1.38. The maximum atomic E-state index is 13.2. The highest BCUT2D eigenvalue weighted by Crippen LogP contribution is 2.45. The summed E-state index contributed by atoms with van der Waals surface area (Å²) < 4.78 is 30.8. The van der Waals surface area contributed by atoms with Gasteiger partial charge in [0.25, 0.3) is 11.2 Å². The molecule has 2 aromatic rings. The number of carbonyl (C=O) groups is 1. The lowest BCUT2D eigenvalue weighted by molar-refractivity contribution is -0.384. The van der Waals surface area contributed by atoms with Crippen LogP contribution >= 0.6 is 7.75 Å². The van der Waals surface area contributed by atoms with Crippen molar-refractivity contribution >= 4 is 19.4 Å². The lowest BCUT2D eigenvalue weighted by Crippen LogP contribution is -2.35. The van der Waals surface area contributed by atoms with E-state index in [1.165, 1.54) is 44.3 Å². The zero-order valence-electron chi connectivity index (χ0n) is 17.9. The van der Waals surface area contributed by atoms with Gasteiger partial charge in [-0.15, -0.1) is 0 Å². The SMILES string of the molecule is Cc1cn([C@H]2C=C[C@@H](COP(=O)(NC(C)C(=O)O)Oc3ccc([N+](=O)[O-])cc3)O2)c(=O)[nH]c1=O. The molecule has 15 heteroatoms.